The van der Waals surface area contributed by atoms with E-state index in [1.165, 1.54) is 12.1 Å². The largest absolute Gasteiger partial charge is 0.417 e. The molecule has 1 rings (SSSR count). The number of nitrogens with one attached hydrogen (secondary N) is 1. The molecule has 0 aliphatic rings. The smallest absolute Gasteiger partial charge is 0.237 e. The highest BCUT2D eigenvalue weighted by Crippen LogP contribution is 2.33. The predicted molar refractivity (Wildman–Crippen MR) is 60.9 cm³/mol. The summed E-state index contributed by atoms with van der Waals surface area (Å²) in [6.07, 6.45) is -3.77. The molecule has 0 aliphatic carbocycles. The predicted octanol–water partition coefficient (Wildman–Crippen LogP) is 3.04. The van der Waals surface area contributed by atoms with E-state index in [0.717, 1.165) is 6.07 Å². The summed E-state index contributed by atoms with van der Waals surface area (Å²) in [6.45, 7) is 3.84. The van der Waals surface area contributed by atoms with Crippen LogP contribution in [0.1, 0.15) is 24.5 Å². The van der Waals surface area contributed by atoms with E-state index in [1.807, 2.05) is 6.92 Å². The van der Waals surface area contributed by atoms with E-state index in [-0.39, 0.29) is 4.90 Å². The summed E-state index contributed by atoms with van der Waals surface area (Å²) in [5.74, 6) is 0. The van der Waals surface area contributed by atoms with Gasteiger partial charge in [-0.1, -0.05) is 18.6 Å². The Kier molecular flexibility index (Phi) is 4.70. The lowest BCUT2D eigenvalue weighted by atomic mass is 10.1. The molecule has 0 bridgehead atoms. The fraction of sp³-hybridized carbons (Fsp3) is 0.455. The number of alkyl halides is 3. The Hall–Kier alpha value is -0.880. The van der Waals surface area contributed by atoms with Gasteiger partial charge in [-0.3, -0.25) is 0 Å². The summed E-state index contributed by atoms with van der Waals surface area (Å²) in [6, 6.07) is 3.80. The minimum Gasteiger partial charge on any atom is -0.237 e. The molecule has 1 aromatic carbocycles. The van der Waals surface area contributed by atoms with Crippen LogP contribution in [0.5, 0.6) is 0 Å². The topological polar surface area (TPSA) is 29.1 Å². The van der Waals surface area contributed by atoms with Crippen molar-refractivity contribution >= 4 is 11.0 Å². The summed E-state index contributed by atoms with van der Waals surface area (Å²) in [5, 5.41) is 0. The van der Waals surface area contributed by atoms with Crippen molar-refractivity contribution in [2.24, 2.45) is 0 Å². The van der Waals surface area contributed by atoms with E-state index in [2.05, 4.69) is 4.72 Å². The van der Waals surface area contributed by atoms with Gasteiger partial charge in [0.1, 0.15) is 11.0 Å². The number of benzene rings is 1. The zero-order valence-electron chi connectivity index (χ0n) is 9.60. The van der Waals surface area contributed by atoms with Crippen LogP contribution in [0, 0.1) is 6.92 Å². The average molecular weight is 265 g/mol. The molecule has 1 aromatic rings. The van der Waals surface area contributed by atoms with Gasteiger partial charge in [0.2, 0.25) is 0 Å². The second-order valence-electron chi connectivity index (χ2n) is 3.66. The molecule has 0 saturated heterocycles. The molecule has 0 radical (unpaired) electrons. The van der Waals surface area contributed by atoms with Crippen LogP contribution in [0.25, 0.3) is 0 Å². The van der Waals surface area contributed by atoms with Crippen molar-refractivity contribution < 1.29 is 17.4 Å². The average Bonchev–Trinajstić information content (AvgIpc) is 2.24. The lowest BCUT2D eigenvalue weighted by Crippen LogP contribution is -2.21. The van der Waals surface area contributed by atoms with Crippen LogP contribution in [0.2, 0.25) is 0 Å². The van der Waals surface area contributed by atoms with Crippen molar-refractivity contribution in [3.8, 4) is 0 Å². The number of hydrogen-bond donors (Lipinski definition) is 1. The maximum Gasteiger partial charge on any atom is 0.417 e. The first kappa shape index (κ1) is 14.2. The lowest BCUT2D eigenvalue weighted by molar-refractivity contribution is -0.139. The van der Waals surface area contributed by atoms with Gasteiger partial charge in [-0.15, -0.1) is 0 Å². The maximum atomic E-state index is 12.7. The Bertz CT molecular complexity index is 418. The molecule has 1 atom stereocenters. The Morgan fingerprint density at radius 3 is 2.53 bits per heavy atom. The minimum atomic E-state index is -4.48. The zero-order chi connectivity index (χ0) is 13.1. The number of rotatable bonds is 4. The fourth-order valence-electron chi connectivity index (χ4n) is 1.30. The molecule has 96 valence electrons. The number of aryl methyl sites for hydroxylation is 1. The first-order valence-electron chi connectivity index (χ1n) is 5.19. The summed E-state index contributed by atoms with van der Waals surface area (Å²) < 4.78 is 52.5. The molecule has 1 N–H and O–H groups in total. The van der Waals surface area contributed by atoms with Crippen LogP contribution >= 0.6 is 0 Å². The van der Waals surface area contributed by atoms with E-state index in [0.29, 0.717) is 18.5 Å². The molecule has 0 heterocycles. The van der Waals surface area contributed by atoms with Gasteiger partial charge in [0, 0.05) is 6.54 Å². The van der Waals surface area contributed by atoms with Crippen LogP contribution < -0.4 is 4.72 Å². The third-order valence-electron chi connectivity index (χ3n) is 2.12. The van der Waals surface area contributed by atoms with Crippen molar-refractivity contribution in [3.05, 3.63) is 29.3 Å². The van der Waals surface area contributed by atoms with Crippen molar-refractivity contribution in [3.63, 3.8) is 0 Å². The van der Waals surface area contributed by atoms with Crippen LogP contribution in [-0.4, -0.2) is 10.8 Å². The first-order valence-corrected chi connectivity index (χ1v) is 6.34. The molecule has 0 spiro atoms. The van der Waals surface area contributed by atoms with E-state index in [9.17, 15) is 17.4 Å². The molecule has 0 amide bonds. The summed E-state index contributed by atoms with van der Waals surface area (Å²) in [4.78, 5) is -0.212. The summed E-state index contributed by atoms with van der Waals surface area (Å²) in [5.41, 5.74) is -0.340. The first-order chi connectivity index (χ1) is 7.86. The van der Waals surface area contributed by atoms with Gasteiger partial charge in [-0.25, -0.2) is 8.93 Å². The molecule has 0 aliphatic heterocycles. The van der Waals surface area contributed by atoms with Gasteiger partial charge >= 0.3 is 6.18 Å². The van der Waals surface area contributed by atoms with Crippen molar-refractivity contribution in [1.82, 2.24) is 4.72 Å². The highest BCUT2D eigenvalue weighted by atomic mass is 32.2. The summed E-state index contributed by atoms with van der Waals surface area (Å²) in [7, 11) is -1.82. The summed E-state index contributed by atoms with van der Waals surface area (Å²) >= 11 is 0. The Labute approximate surface area is 101 Å². The van der Waals surface area contributed by atoms with E-state index < -0.39 is 22.7 Å². The van der Waals surface area contributed by atoms with E-state index in [1.54, 1.807) is 6.92 Å². The molecule has 17 heavy (non-hydrogen) atoms. The number of halogens is 3. The van der Waals surface area contributed by atoms with Gasteiger partial charge in [0.15, 0.2) is 0 Å². The van der Waals surface area contributed by atoms with Gasteiger partial charge in [0.25, 0.3) is 0 Å². The quantitative estimate of drug-likeness (QED) is 0.890. The van der Waals surface area contributed by atoms with Crippen LogP contribution in [0.4, 0.5) is 13.2 Å². The Balaban J connectivity index is 3.11. The Morgan fingerprint density at radius 2 is 2.00 bits per heavy atom. The fourth-order valence-corrected chi connectivity index (χ4v) is 2.41. The Morgan fingerprint density at radius 1 is 1.35 bits per heavy atom. The van der Waals surface area contributed by atoms with Gasteiger partial charge in [0.05, 0.1) is 10.5 Å². The van der Waals surface area contributed by atoms with Gasteiger partial charge in [-0.2, -0.15) is 13.2 Å². The third kappa shape index (κ3) is 3.81. The van der Waals surface area contributed by atoms with Crippen LogP contribution in [0.3, 0.4) is 0 Å². The minimum absolute atomic E-state index is 0.212. The molecule has 0 saturated carbocycles. The molecule has 6 heteroatoms. The van der Waals surface area contributed by atoms with Crippen LogP contribution in [-0.2, 0) is 17.2 Å². The zero-order valence-corrected chi connectivity index (χ0v) is 10.4. The van der Waals surface area contributed by atoms with Crippen molar-refractivity contribution in [2.75, 3.05) is 6.54 Å². The lowest BCUT2D eigenvalue weighted by Gasteiger charge is -2.13. The standard InChI is InChI=1S/C11H14F3NOS/c1-3-6-15-17(16)10-5-4-8(2)7-9(10)11(12,13)14/h4-5,7,15H,3,6H2,1-2H3. The van der Waals surface area contributed by atoms with E-state index in [4.69, 9.17) is 0 Å². The van der Waals surface area contributed by atoms with Gasteiger partial charge < -0.3 is 0 Å². The van der Waals surface area contributed by atoms with Gasteiger partial charge in [-0.05, 0) is 25.5 Å². The second kappa shape index (κ2) is 5.64. The third-order valence-corrected chi connectivity index (χ3v) is 3.35. The normalized spacial score (nSPS) is 13.7. The molecule has 0 fully saturated rings. The molecule has 0 aromatic heterocycles. The molecule has 2 nitrogen and oxygen atoms in total. The number of hydrogen-bond acceptors (Lipinski definition) is 1. The highest BCUT2D eigenvalue weighted by Gasteiger charge is 2.34. The van der Waals surface area contributed by atoms with Crippen molar-refractivity contribution in [1.29, 1.82) is 0 Å². The molecular weight excluding hydrogens is 251 g/mol. The monoisotopic (exact) mass is 265 g/mol. The van der Waals surface area contributed by atoms with Crippen LogP contribution in [0.15, 0.2) is 23.1 Å². The second-order valence-corrected chi connectivity index (χ2v) is 4.93. The molecular formula is C11H14F3NOS. The SMILES string of the molecule is CCCNS(=O)c1ccc(C)cc1C(F)(F)F. The highest BCUT2D eigenvalue weighted by molar-refractivity contribution is 7.83. The molecule has 1 unspecified atom stereocenters. The van der Waals surface area contributed by atoms with E-state index >= 15 is 0 Å². The maximum absolute atomic E-state index is 12.7. The van der Waals surface area contributed by atoms with Crippen molar-refractivity contribution in [2.45, 2.75) is 31.3 Å².